The van der Waals surface area contributed by atoms with Crippen LogP contribution in [0.1, 0.15) is 23.0 Å². The number of ketones is 1. The first-order chi connectivity index (χ1) is 6.02. The van der Waals surface area contributed by atoms with E-state index in [9.17, 15) is 14.9 Å². The van der Waals surface area contributed by atoms with Gasteiger partial charge in [-0.3, -0.25) is 19.9 Å². The van der Waals surface area contributed by atoms with Crippen LogP contribution in [-0.4, -0.2) is 15.7 Å². The summed E-state index contributed by atoms with van der Waals surface area (Å²) in [5.41, 5.74) is 0.656. The Morgan fingerprint density at radius 3 is 2.69 bits per heavy atom. The molecule has 0 amide bonds. The van der Waals surface area contributed by atoms with Crippen molar-refractivity contribution >= 4 is 11.5 Å². The van der Waals surface area contributed by atoms with Gasteiger partial charge in [0, 0.05) is 17.3 Å². The Balaban J connectivity index is 3.27. The van der Waals surface area contributed by atoms with Gasteiger partial charge in [-0.1, -0.05) is 0 Å². The summed E-state index contributed by atoms with van der Waals surface area (Å²) < 4.78 is 0. The van der Waals surface area contributed by atoms with E-state index in [1.807, 2.05) is 0 Å². The Morgan fingerprint density at radius 1 is 1.62 bits per heavy atom. The monoisotopic (exact) mass is 180 g/mol. The SMILES string of the molecule is CC(=O)c1cc([N+](=O)[O-])cnc1C. The molecule has 0 unspecified atom stereocenters. The second kappa shape index (κ2) is 3.30. The fourth-order valence-electron chi connectivity index (χ4n) is 0.978. The Morgan fingerprint density at radius 2 is 2.23 bits per heavy atom. The lowest BCUT2D eigenvalue weighted by Crippen LogP contribution is -2.00. The van der Waals surface area contributed by atoms with Gasteiger partial charge in [0.1, 0.15) is 6.20 Å². The number of aryl methyl sites for hydroxylation is 1. The van der Waals surface area contributed by atoms with Gasteiger partial charge in [-0.05, 0) is 13.8 Å². The van der Waals surface area contributed by atoms with Crippen molar-refractivity contribution in [1.29, 1.82) is 0 Å². The predicted molar refractivity (Wildman–Crippen MR) is 45.6 cm³/mol. The molecule has 1 rings (SSSR count). The van der Waals surface area contributed by atoms with E-state index in [1.54, 1.807) is 6.92 Å². The number of carbonyl (C=O) groups excluding carboxylic acids is 1. The average Bonchev–Trinajstić information content (AvgIpc) is 2.04. The van der Waals surface area contributed by atoms with Gasteiger partial charge in [0.05, 0.1) is 4.92 Å². The largest absolute Gasteiger partial charge is 0.294 e. The van der Waals surface area contributed by atoms with Gasteiger partial charge >= 0.3 is 0 Å². The van der Waals surface area contributed by atoms with Gasteiger partial charge in [0.25, 0.3) is 5.69 Å². The van der Waals surface area contributed by atoms with Crippen molar-refractivity contribution in [2.45, 2.75) is 13.8 Å². The van der Waals surface area contributed by atoms with Gasteiger partial charge in [-0.2, -0.15) is 0 Å². The molecule has 1 aromatic rings. The lowest BCUT2D eigenvalue weighted by atomic mass is 10.1. The summed E-state index contributed by atoms with van der Waals surface area (Å²) in [4.78, 5) is 24.5. The van der Waals surface area contributed by atoms with Gasteiger partial charge in [0.15, 0.2) is 5.78 Å². The van der Waals surface area contributed by atoms with Crippen LogP contribution in [0.4, 0.5) is 5.69 Å². The highest BCUT2D eigenvalue weighted by Gasteiger charge is 2.12. The molecular formula is C8H8N2O3. The zero-order valence-corrected chi connectivity index (χ0v) is 7.27. The smallest absolute Gasteiger partial charge is 0.288 e. The fraction of sp³-hybridized carbons (Fsp3) is 0.250. The molecule has 1 aromatic heterocycles. The molecule has 0 aliphatic carbocycles. The van der Waals surface area contributed by atoms with E-state index in [2.05, 4.69) is 4.98 Å². The highest BCUT2D eigenvalue weighted by molar-refractivity contribution is 5.95. The van der Waals surface area contributed by atoms with Gasteiger partial charge in [-0.25, -0.2) is 0 Å². The van der Waals surface area contributed by atoms with Crippen LogP contribution in [0.25, 0.3) is 0 Å². The van der Waals surface area contributed by atoms with Crippen LogP contribution in [0.5, 0.6) is 0 Å². The molecule has 0 aliphatic heterocycles. The first-order valence-electron chi connectivity index (χ1n) is 3.64. The molecular weight excluding hydrogens is 172 g/mol. The van der Waals surface area contributed by atoms with Crippen molar-refractivity contribution in [3.05, 3.63) is 33.6 Å². The third-order valence-corrected chi connectivity index (χ3v) is 1.66. The minimum absolute atomic E-state index is 0.157. The van der Waals surface area contributed by atoms with Crippen LogP contribution < -0.4 is 0 Å². The normalized spacial score (nSPS) is 9.69. The van der Waals surface area contributed by atoms with E-state index in [0.717, 1.165) is 6.20 Å². The van der Waals surface area contributed by atoms with Gasteiger partial charge in [0.2, 0.25) is 0 Å². The number of Topliss-reactive ketones (excluding diaryl/α,β-unsaturated/α-hetero) is 1. The summed E-state index contributed by atoms with van der Waals surface area (Å²) in [6.07, 6.45) is 1.14. The maximum absolute atomic E-state index is 11.0. The Labute approximate surface area is 74.6 Å². The molecule has 0 saturated heterocycles. The molecule has 0 fully saturated rings. The number of pyridine rings is 1. The van der Waals surface area contributed by atoms with Crippen LogP contribution in [0, 0.1) is 17.0 Å². The van der Waals surface area contributed by atoms with Gasteiger partial charge in [-0.15, -0.1) is 0 Å². The summed E-state index contributed by atoms with van der Waals surface area (Å²) in [5.74, 6) is -0.214. The molecule has 1 heterocycles. The zero-order valence-electron chi connectivity index (χ0n) is 7.27. The van der Waals surface area contributed by atoms with Gasteiger partial charge < -0.3 is 0 Å². The Bertz CT molecular complexity index is 374. The second-order valence-corrected chi connectivity index (χ2v) is 2.64. The first-order valence-corrected chi connectivity index (χ1v) is 3.64. The first kappa shape index (κ1) is 9.31. The summed E-state index contributed by atoms with van der Waals surface area (Å²) in [7, 11) is 0. The van der Waals surface area contributed by atoms with Crippen molar-refractivity contribution in [3.8, 4) is 0 Å². The quantitative estimate of drug-likeness (QED) is 0.392. The van der Waals surface area contributed by atoms with Crippen molar-refractivity contribution < 1.29 is 9.72 Å². The third kappa shape index (κ3) is 1.87. The van der Waals surface area contributed by atoms with Crippen LogP contribution in [-0.2, 0) is 0 Å². The van der Waals surface area contributed by atoms with Crippen LogP contribution in [0.3, 0.4) is 0 Å². The number of hydrogen-bond donors (Lipinski definition) is 0. The molecule has 0 atom stereocenters. The number of carbonyl (C=O) groups is 1. The number of hydrogen-bond acceptors (Lipinski definition) is 4. The Hall–Kier alpha value is -1.78. The lowest BCUT2D eigenvalue weighted by Gasteiger charge is -1.99. The van der Waals surface area contributed by atoms with Crippen molar-refractivity contribution in [1.82, 2.24) is 4.98 Å². The van der Waals surface area contributed by atoms with E-state index < -0.39 is 4.92 Å². The second-order valence-electron chi connectivity index (χ2n) is 2.64. The van der Waals surface area contributed by atoms with Crippen LogP contribution >= 0.6 is 0 Å². The Kier molecular flexibility index (Phi) is 2.36. The fourth-order valence-corrected chi connectivity index (χ4v) is 0.978. The molecule has 0 spiro atoms. The van der Waals surface area contributed by atoms with E-state index in [-0.39, 0.29) is 11.5 Å². The summed E-state index contributed by atoms with van der Waals surface area (Å²) in [6.45, 7) is 2.99. The molecule has 68 valence electrons. The number of nitrogens with zero attached hydrogens (tertiary/aromatic N) is 2. The predicted octanol–water partition coefficient (Wildman–Crippen LogP) is 1.50. The van der Waals surface area contributed by atoms with E-state index in [0.29, 0.717) is 11.3 Å². The molecule has 0 bridgehead atoms. The molecule has 13 heavy (non-hydrogen) atoms. The van der Waals surface area contributed by atoms with Crippen molar-refractivity contribution in [2.24, 2.45) is 0 Å². The molecule has 0 saturated carbocycles. The van der Waals surface area contributed by atoms with E-state index in [4.69, 9.17) is 0 Å². The topological polar surface area (TPSA) is 73.1 Å². The molecule has 5 heteroatoms. The van der Waals surface area contributed by atoms with Crippen LogP contribution in [0.2, 0.25) is 0 Å². The molecule has 0 aliphatic rings. The summed E-state index contributed by atoms with van der Waals surface area (Å²) >= 11 is 0. The molecule has 5 nitrogen and oxygen atoms in total. The third-order valence-electron chi connectivity index (χ3n) is 1.66. The zero-order chi connectivity index (χ0) is 10.0. The minimum atomic E-state index is -0.571. The maximum atomic E-state index is 11.0. The van der Waals surface area contributed by atoms with Crippen molar-refractivity contribution in [2.75, 3.05) is 0 Å². The number of nitro groups is 1. The summed E-state index contributed by atoms with van der Waals surface area (Å²) in [6, 6.07) is 1.24. The molecule has 0 aromatic carbocycles. The summed E-state index contributed by atoms with van der Waals surface area (Å²) in [5, 5.41) is 10.3. The highest BCUT2D eigenvalue weighted by Crippen LogP contribution is 2.14. The average molecular weight is 180 g/mol. The van der Waals surface area contributed by atoms with E-state index >= 15 is 0 Å². The number of rotatable bonds is 2. The number of aromatic nitrogens is 1. The maximum Gasteiger partial charge on any atom is 0.288 e. The van der Waals surface area contributed by atoms with E-state index in [1.165, 1.54) is 13.0 Å². The highest BCUT2D eigenvalue weighted by atomic mass is 16.6. The standard InChI is InChI=1S/C8H8N2O3/c1-5-8(6(2)11)3-7(4-9-5)10(12)13/h3-4H,1-2H3. The minimum Gasteiger partial charge on any atom is -0.294 e. The molecule has 0 radical (unpaired) electrons. The van der Waals surface area contributed by atoms with Crippen LogP contribution in [0.15, 0.2) is 12.3 Å². The lowest BCUT2D eigenvalue weighted by molar-refractivity contribution is -0.385. The molecule has 0 N–H and O–H groups in total. The van der Waals surface area contributed by atoms with Crippen molar-refractivity contribution in [3.63, 3.8) is 0 Å².